The third kappa shape index (κ3) is 5.12. The topological polar surface area (TPSA) is 28.4 Å². The van der Waals surface area contributed by atoms with Gasteiger partial charge in [0.2, 0.25) is 0 Å². The minimum Gasteiger partial charge on any atom is -0.456 e. The highest BCUT2D eigenvalue weighted by Crippen LogP contribution is 2.38. The number of hydrogen-bond donors (Lipinski definition) is 1. The molecule has 0 saturated carbocycles. The summed E-state index contributed by atoms with van der Waals surface area (Å²) >= 11 is 0. The number of fused-ring (bicyclic) bond motifs is 4. The van der Waals surface area contributed by atoms with Crippen molar-refractivity contribution in [3.8, 4) is 22.3 Å². The lowest BCUT2D eigenvalue weighted by Crippen LogP contribution is -2.16. The van der Waals surface area contributed by atoms with Gasteiger partial charge in [0.15, 0.2) is 0 Å². The van der Waals surface area contributed by atoms with Crippen LogP contribution in [0.15, 0.2) is 174 Å². The van der Waals surface area contributed by atoms with E-state index in [1.807, 2.05) is 12.1 Å². The molecule has 7 aromatic carbocycles. The van der Waals surface area contributed by atoms with Crippen LogP contribution in [0.3, 0.4) is 0 Å². The molecule has 3 heteroatoms. The van der Waals surface area contributed by atoms with E-state index in [-0.39, 0.29) is 0 Å². The number of nitrogens with one attached hydrogen (secondary N) is 1. The number of hydrogen-bond acceptors (Lipinski definition) is 3. The minimum atomic E-state index is 0.739. The van der Waals surface area contributed by atoms with E-state index >= 15 is 0 Å². The van der Waals surface area contributed by atoms with Gasteiger partial charge in [-0.1, -0.05) is 121 Å². The van der Waals surface area contributed by atoms with Gasteiger partial charge in [0.05, 0.1) is 0 Å². The van der Waals surface area contributed by atoms with Crippen LogP contribution in [0.25, 0.3) is 55.8 Å². The van der Waals surface area contributed by atoms with E-state index in [2.05, 4.69) is 174 Å². The van der Waals surface area contributed by atoms with Crippen LogP contribution in [0.5, 0.6) is 0 Å². The Bertz CT molecular complexity index is 2420. The molecule has 0 spiro atoms. The summed E-state index contributed by atoms with van der Waals surface area (Å²) in [6.45, 7) is 0.739. The molecule has 0 atom stereocenters. The molecule has 228 valence electrons. The molecule has 8 aromatic rings. The molecule has 0 radical (unpaired) electrons. The van der Waals surface area contributed by atoms with E-state index in [1.165, 1.54) is 44.0 Å². The minimum absolute atomic E-state index is 0.739. The van der Waals surface area contributed by atoms with Gasteiger partial charge in [-0.05, 0) is 87.1 Å². The predicted octanol–water partition coefficient (Wildman–Crippen LogP) is 12.0. The van der Waals surface area contributed by atoms with Gasteiger partial charge in [-0.3, -0.25) is 0 Å². The fraction of sp³-hybridized carbons (Fsp3) is 0.0222. The molecule has 0 saturated heterocycles. The molecular formula is C45H32N2O. The second-order valence-electron chi connectivity index (χ2n) is 12.3. The van der Waals surface area contributed by atoms with Gasteiger partial charge in [0, 0.05) is 46.3 Å². The summed E-state index contributed by atoms with van der Waals surface area (Å²) in [5, 5.41) is 7.30. The Labute approximate surface area is 280 Å². The van der Waals surface area contributed by atoms with E-state index in [4.69, 9.17) is 4.42 Å². The van der Waals surface area contributed by atoms with Crippen molar-refractivity contribution in [1.29, 1.82) is 0 Å². The first-order valence-electron chi connectivity index (χ1n) is 16.4. The maximum absolute atomic E-state index is 6.20. The van der Waals surface area contributed by atoms with Crippen molar-refractivity contribution < 1.29 is 4.42 Å². The van der Waals surface area contributed by atoms with Crippen LogP contribution in [-0.2, 0) is 6.54 Å². The fourth-order valence-corrected chi connectivity index (χ4v) is 6.81. The number of rotatable bonds is 6. The summed E-state index contributed by atoms with van der Waals surface area (Å²) in [7, 11) is 0. The fourth-order valence-electron chi connectivity index (χ4n) is 6.81. The summed E-state index contributed by atoms with van der Waals surface area (Å²) < 4.78 is 6.20. The van der Waals surface area contributed by atoms with Gasteiger partial charge in [-0.15, -0.1) is 0 Å². The summed E-state index contributed by atoms with van der Waals surface area (Å²) in [5.41, 5.74) is 12.4. The molecule has 1 aliphatic heterocycles. The largest absolute Gasteiger partial charge is 0.456 e. The first kappa shape index (κ1) is 27.9. The normalized spacial score (nSPS) is 12.4. The zero-order valence-electron chi connectivity index (χ0n) is 26.3. The average molecular weight is 617 g/mol. The van der Waals surface area contributed by atoms with Crippen LogP contribution in [0.4, 0.5) is 17.1 Å². The average Bonchev–Trinajstić information content (AvgIpc) is 3.54. The van der Waals surface area contributed by atoms with Gasteiger partial charge in [-0.25, -0.2) is 0 Å². The lowest BCUT2D eigenvalue weighted by molar-refractivity contribution is 0.593. The first-order chi connectivity index (χ1) is 23.8. The van der Waals surface area contributed by atoms with E-state index in [0.29, 0.717) is 0 Å². The Balaban J connectivity index is 1.07. The Morgan fingerprint density at radius 2 is 1.00 bits per heavy atom. The zero-order chi connectivity index (χ0) is 31.9. The van der Waals surface area contributed by atoms with Crippen molar-refractivity contribution in [2.24, 2.45) is 0 Å². The van der Waals surface area contributed by atoms with Crippen LogP contribution in [0.2, 0.25) is 0 Å². The quantitative estimate of drug-likeness (QED) is 0.201. The molecule has 9 rings (SSSR count). The summed E-state index contributed by atoms with van der Waals surface area (Å²) in [6, 6.07) is 60.5. The monoisotopic (exact) mass is 616 g/mol. The number of anilines is 3. The number of furan rings is 1. The van der Waals surface area contributed by atoms with Crippen LogP contribution < -0.4 is 10.2 Å². The van der Waals surface area contributed by atoms with Gasteiger partial charge in [0.1, 0.15) is 11.3 Å². The number of nitrogens with zero attached hydrogens (tertiary/aromatic N) is 1. The smallest absolute Gasteiger partial charge is 0.135 e. The van der Waals surface area contributed by atoms with Gasteiger partial charge < -0.3 is 14.6 Å². The molecule has 1 aliphatic rings. The van der Waals surface area contributed by atoms with Gasteiger partial charge in [0.25, 0.3) is 0 Å². The van der Waals surface area contributed by atoms with Crippen LogP contribution in [-0.4, -0.2) is 0 Å². The highest BCUT2D eigenvalue weighted by atomic mass is 16.3. The third-order valence-corrected chi connectivity index (χ3v) is 9.34. The Morgan fingerprint density at radius 3 is 1.71 bits per heavy atom. The molecule has 1 N–H and O–H groups in total. The third-order valence-electron chi connectivity index (χ3n) is 9.34. The molecular weight excluding hydrogens is 585 g/mol. The maximum atomic E-state index is 6.20. The second kappa shape index (κ2) is 11.8. The van der Waals surface area contributed by atoms with E-state index in [0.717, 1.165) is 46.2 Å². The van der Waals surface area contributed by atoms with Crippen molar-refractivity contribution in [3.63, 3.8) is 0 Å². The first-order valence-corrected chi connectivity index (χ1v) is 16.4. The SMILES string of the molecule is C1=C(c2ccc(N(c3ccc(-c4ccccc4)cc3)c3ccc(-c4ccc5ccccc5c4)cc3)cc2)NCc2c1oc1ccccc21. The Hall–Kier alpha value is -6.32. The predicted molar refractivity (Wildman–Crippen MR) is 200 cm³/mol. The van der Waals surface area contributed by atoms with Crippen LogP contribution >= 0.6 is 0 Å². The molecule has 3 nitrogen and oxygen atoms in total. The zero-order valence-corrected chi connectivity index (χ0v) is 26.3. The van der Waals surface area contributed by atoms with E-state index in [9.17, 15) is 0 Å². The number of para-hydroxylation sites is 1. The molecule has 48 heavy (non-hydrogen) atoms. The van der Waals surface area contributed by atoms with Crippen LogP contribution in [0.1, 0.15) is 16.9 Å². The molecule has 0 fully saturated rings. The lowest BCUT2D eigenvalue weighted by Gasteiger charge is -2.26. The van der Waals surface area contributed by atoms with Gasteiger partial charge >= 0.3 is 0 Å². The van der Waals surface area contributed by atoms with Crippen molar-refractivity contribution in [1.82, 2.24) is 5.32 Å². The van der Waals surface area contributed by atoms with Crippen molar-refractivity contribution in [2.45, 2.75) is 6.54 Å². The Morgan fingerprint density at radius 1 is 0.458 bits per heavy atom. The maximum Gasteiger partial charge on any atom is 0.135 e. The molecule has 2 heterocycles. The second-order valence-corrected chi connectivity index (χ2v) is 12.3. The standard InChI is InChI=1S/C45H32N2O/c1-2-8-31(9-3-1)33-16-22-38(23-17-33)47(39-24-18-34(19-25-39)37-15-14-32-10-4-5-11-36(32)28-37)40-26-20-35(21-27-40)43-29-45-42(30-46-43)41-12-6-7-13-44(41)48-45/h1-29,46H,30H2. The number of benzene rings is 7. The van der Waals surface area contributed by atoms with Crippen molar-refractivity contribution >= 4 is 50.6 Å². The molecule has 0 aliphatic carbocycles. The Kier molecular flexibility index (Phi) is 6.87. The molecule has 1 aromatic heterocycles. The van der Waals surface area contributed by atoms with Crippen molar-refractivity contribution in [3.05, 3.63) is 187 Å². The summed E-state index contributed by atoms with van der Waals surface area (Å²) in [6.07, 6.45) is 2.12. The highest BCUT2D eigenvalue weighted by molar-refractivity contribution is 5.91. The van der Waals surface area contributed by atoms with Gasteiger partial charge in [-0.2, -0.15) is 0 Å². The molecule has 0 unspecified atom stereocenters. The summed E-state index contributed by atoms with van der Waals surface area (Å²) in [4.78, 5) is 2.32. The highest BCUT2D eigenvalue weighted by Gasteiger charge is 2.19. The molecule has 0 amide bonds. The van der Waals surface area contributed by atoms with E-state index < -0.39 is 0 Å². The summed E-state index contributed by atoms with van der Waals surface area (Å²) in [5.74, 6) is 0.931. The molecule has 0 bridgehead atoms. The van der Waals surface area contributed by atoms with E-state index in [1.54, 1.807) is 0 Å². The van der Waals surface area contributed by atoms with Crippen molar-refractivity contribution in [2.75, 3.05) is 4.90 Å². The van der Waals surface area contributed by atoms with Crippen LogP contribution in [0, 0.1) is 0 Å². The lowest BCUT2D eigenvalue weighted by atomic mass is 10.0.